The van der Waals surface area contributed by atoms with Gasteiger partial charge in [-0.1, -0.05) is 29.8 Å². The summed E-state index contributed by atoms with van der Waals surface area (Å²) in [5.74, 6) is -0.938. The van der Waals surface area contributed by atoms with Crippen LogP contribution >= 0.6 is 0 Å². The van der Waals surface area contributed by atoms with E-state index in [9.17, 15) is 4.79 Å². The lowest BCUT2D eigenvalue weighted by Crippen LogP contribution is -2.43. The predicted molar refractivity (Wildman–Crippen MR) is 58.6 cm³/mol. The molecule has 0 aliphatic carbocycles. The summed E-state index contributed by atoms with van der Waals surface area (Å²) in [5, 5.41) is 11.6. The van der Waals surface area contributed by atoms with Gasteiger partial charge in [-0.05, 0) is 19.5 Å². The number of carboxylic acid groups (broad SMARTS) is 1. The van der Waals surface area contributed by atoms with Crippen LogP contribution in [0.4, 0.5) is 0 Å². The molecule has 0 saturated heterocycles. The SMILES string of the molecule is CNC(C(=O)O)C(N)c1cccc(C)c1. The van der Waals surface area contributed by atoms with Crippen molar-refractivity contribution in [2.75, 3.05) is 7.05 Å². The number of benzene rings is 1. The van der Waals surface area contributed by atoms with Gasteiger partial charge in [-0.15, -0.1) is 0 Å². The zero-order chi connectivity index (χ0) is 11.4. The van der Waals surface area contributed by atoms with E-state index in [1.54, 1.807) is 7.05 Å². The van der Waals surface area contributed by atoms with Gasteiger partial charge in [-0.3, -0.25) is 4.79 Å². The molecule has 2 unspecified atom stereocenters. The molecule has 2 atom stereocenters. The number of carbonyl (C=O) groups is 1. The number of nitrogens with two attached hydrogens (primary N) is 1. The number of aryl methyl sites for hydroxylation is 1. The van der Waals surface area contributed by atoms with Crippen molar-refractivity contribution >= 4 is 5.97 Å². The molecule has 15 heavy (non-hydrogen) atoms. The van der Waals surface area contributed by atoms with E-state index in [0.29, 0.717) is 0 Å². The van der Waals surface area contributed by atoms with E-state index in [4.69, 9.17) is 10.8 Å². The van der Waals surface area contributed by atoms with Crippen LogP contribution in [-0.4, -0.2) is 24.2 Å². The average molecular weight is 208 g/mol. The minimum Gasteiger partial charge on any atom is -0.480 e. The van der Waals surface area contributed by atoms with Crippen LogP contribution in [0.25, 0.3) is 0 Å². The van der Waals surface area contributed by atoms with Crippen LogP contribution in [-0.2, 0) is 4.79 Å². The molecule has 0 bridgehead atoms. The lowest BCUT2D eigenvalue weighted by molar-refractivity contribution is -0.139. The maximum Gasteiger partial charge on any atom is 0.322 e. The van der Waals surface area contributed by atoms with Crippen molar-refractivity contribution in [2.24, 2.45) is 5.73 Å². The molecule has 1 rings (SSSR count). The Kier molecular flexibility index (Phi) is 3.82. The van der Waals surface area contributed by atoms with E-state index < -0.39 is 18.1 Å². The number of hydrogen-bond acceptors (Lipinski definition) is 3. The zero-order valence-corrected chi connectivity index (χ0v) is 8.90. The van der Waals surface area contributed by atoms with E-state index in [1.807, 2.05) is 31.2 Å². The molecule has 0 saturated carbocycles. The van der Waals surface area contributed by atoms with Crippen LogP contribution < -0.4 is 11.1 Å². The fraction of sp³-hybridized carbons (Fsp3) is 0.364. The summed E-state index contributed by atoms with van der Waals surface area (Å²) in [6.07, 6.45) is 0. The highest BCUT2D eigenvalue weighted by molar-refractivity contribution is 5.74. The highest BCUT2D eigenvalue weighted by Crippen LogP contribution is 2.15. The van der Waals surface area contributed by atoms with Crippen LogP contribution in [0.1, 0.15) is 17.2 Å². The quantitative estimate of drug-likeness (QED) is 0.679. The Morgan fingerprint density at radius 1 is 1.53 bits per heavy atom. The lowest BCUT2D eigenvalue weighted by Gasteiger charge is -2.20. The smallest absolute Gasteiger partial charge is 0.322 e. The second-order valence-electron chi connectivity index (χ2n) is 3.54. The topological polar surface area (TPSA) is 75.3 Å². The average Bonchev–Trinajstić information content (AvgIpc) is 2.18. The number of rotatable bonds is 4. The molecule has 4 nitrogen and oxygen atoms in total. The summed E-state index contributed by atoms with van der Waals surface area (Å²) in [7, 11) is 1.59. The Labute approximate surface area is 89.1 Å². The second kappa shape index (κ2) is 4.91. The number of aliphatic carboxylic acids is 1. The molecule has 0 spiro atoms. The molecule has 1 aromatic carbocycles. The molecular formula is C11H16N2O2. The van der Waals surface area contributed by atoms with Crippen LogP contribution in [0.3, 0.4) is 0 Å². The molecule has 0 aliphatic rings. The third-order valence-corrected chi connectivity index (χ3v) is 2.36. The summed E-state index contributed by atoms with van der Waals surface area (Å²) in [6.45, 7) is 1.95. The van der Waals surface area contributed by atoms with E-state index in [1.165, 1.54) is 0 Å². The highest BCUT2D eigenvalue weighted by atomic mass is 16.4. The maximum absolute atomic E-state index is 10.9. The van der Waals surface area contributed by atoms with Gasteiger partial charge in [0.25, 0.3) is 0 Å². The zero-order valence-electron chi connectivity index (χ0n) is 8.90. The van der Waals surface area contributed by atoms with Gasteiger partial charge in [-0.25, -0.2) is 0 Å². The van der Waals surface area contributed by atoms with Gasteiger partial charge in [-0.2, -0.15) is 0 Å². The molecule has 0 fully saturated rings. The molecule has 0 aliphatic heterocycles. The molecule has 82 valence electrons. The van der Waals surface area contributed by atoms with E-state index in [0.717, 1.165) is 11.1 Å². The molecule has 0 amide bonds. The first-order valence-corrected chi connectivity index (χ1v) is 4.78. The minimum absolute atomic E-state index is 0.535. The van der Waals surface area contributed by atoms with Gasteiger partial charge in [0.15, 0.2) is 0 Å². The van der Waals surface area contributed by atoms with E-state index in [2.05, 4.69) is 5.32 Å². The molecule has 4 N–H and O–H groups in total. The first kappa shape index (κ1) is 11.7. The number of nitrogens with one attached hydrogen (secondary N) is 1. The molecule has 1 aromatic rings. The van der Waals surface area contributed by atoms with Crippen molar-refractivity contribution in [1.82, 2.24) is 5.32 Å². The Morgan fingerprint density at radius 3 is 2.67 bits per heavy atom. The first-order valence-electron chi connectivity index (χ1n) is 4.78. The Balaban J connectivity index is 2.92. The van der Waals surface area contributed by atoms with Crippen LogP contribution in [0.2, 0.25) is 0 Å². The van der Waals surface area contributed by atoms with E-state index >= 15 is 0 Å². The Morgan fingerprint density at radius 2 is 2.20 bits per heavy atom. The van der Waals surface area contributed by atoms with Crippen molar-refractivity contribution in [2.45, 2.75) is 19.0 Å². The Bertz CT molecular complexity index is 352. The van der Waals surface area contributed by atoms with Gasteiger partial charge in [0, 0.05) is 0 Å². The summed E-state index contributed by atoms with van der Waals surface area (Å²) < 4.78 is 0. The van der Waals surface area contributed by atoms with Gasteiger partial charge >= 0.3 is 5.97 Å². The van der Waals surface area contributed by atoms with Crippen molar-refractivity contribution in [3.63, 3.8) is 0 Å². The minimum atomic E-state index is -0.938. The fourth-order valence-corrected chi connectivity index (χ4v) is 1.53. The van der Waals surface area contributed by atoms with Crippen molar-refractivity contribution in [1.29, 1.82) is 0 Å². The van der Waals surface area contributed by atoms with Gasteiger partial charge < -0.3 is 16.2 Å². The van der Waals surface area contributed by atoms with Gasteiger partial charge in [0.05, 0.1) is 6.04 Å². The molecular weight excluding hydrogens is 192 g/mol. The maximum atomic E-state index is 10.9. The second-order valence-corrected chi connectivity index (χ2v) is 3.54. The highest BCUT2D eigenvalue weighted by Gasteiger charge is 2.24. The predicted octanol–water partition coefficient (Wildman–Crippen LogP) is 0.667. The third-order valence-electron chi connectivity index (χ3n) is 2.36. The van der Waals surface area contributed by atoms with Crippen molar-refractivity contribution in [3.8, 4) is 0 Å². The summed E-state index contributed by atoms with van der Waals surface area (Å²) >= 11 is 0. The van der Waals surface area contributed by atoms with Crippen LogP contribution in [0.5, 0.6) is 0 Å². The normalized spacial score (nSPS) is 14.6. The monoisotopic (exact) mass is 208 g/mol. The lowest BCUT2D eigenvalue weighted by atomic mass is 9.99. The number of likely N-dealkylation sites (N-methyl/N-ethyl adjacent to an activating group) is 1. The fourth-order valence-electron chi connectivity index (χ4n) is 1.53. The standard InChI is InChI=1S/C11H16N2O2/c1-7-4-3-5-8(6-7)9(12)10(13-2)11(14)15/h3-6,9-10,13H,12H2,1-2H3,(H,14,15). The summed E-state index contributed by atoms with van der Waals surface area (Å²) in [6, 6.07) is 6.27. The van der Waals surface area contributed by atoms with E-state index in [-0.39, 0.29) is 0 Å². The van der Waals surface area contributed by atoms with Crippen LogP contribution in [0.15, 0.2) is 24.3 Å². The van der Waals surface area contributed by atoms with Crippen molar-refractivity contribution in [3.05, 3.63) is 35.4 Å². The summed E-state index contributed by atoms with van der Waals surface area (Å²) in [4.78, 5) is 10.9. The molecule has 0 heterocycles. The first-order chi connectivity index (χ1) is 7.06. The van der Waals surface area contributed by atoms with Gasteiger partial charge in [0.2, 0.25) is 0 Å². The number of carboxylic acids is 1. The molecule has 0 aromatic heterocycles. The van der Waals surface area contributed by atoms with Crippen molar-refractivity contribution < 1.29 is 9.90 Å². The van der Waals surface area contributed by atoms with Crippen LogP contribution in [0, 0.1) is 6.92 Å². The summed E-state index contributed by atoms with van der Waals surface area (Å²) in [5.41, 5.74) is 7.78. The number of hydrogen-bond donors (Lipinski definition) is 3. The Hall–Kier alpha value is -1.39. The molecule has 0 radical (unpaired) electrons. The molecule has 4 heteroatoms. The third kappa shape index (κ3) is 2.78. The van der Waals surface area contributed by atoms with Gasteiger partial charge in [0.1, 0.15) is 6.04 Å². The largest absolute Gasteiger partial charge is 0.480 e.